The first-order valence-corrected chi connectivity index (χ1v) is 10.5. The van der Waals surface area contributed by atoms with Gasteiger partial charge in [-0.1, -0.05) is 26.0 Å². The number of benzene rings is 1. The van der Waals surface area contributed by atoms with Crippen LogP contribution in [-0.2, 0) is 20.9 Å². The molecule has 0 atom stereocenters. The lowest BCUT2D eigenvalue weighted by atomic mass is 9.97. The van der Waals surface area contributed by atoms with Crippen molar-refractivity contribution in [2.75, 3.05) is 31.6 Å². The molecule has 1 aliphatic rings. The van der Waals surface area contributed by atoms with Gasteiger partial charge < -0.3 is 20.3 Å². The summed E-state index contributed by atoms with van der Waals surface area (Å²) in [6.45, 7) is 11.0. The lowest BCUT2D eigenvalue weighted by Gasteiger charge is -2.33. The van der Waals surface area contributed by atoms with Crippen LogP contribution in [0.2, 0.25) is 0 Å². The van der Waals surface area contributed by atoms with Crippen LogP contribution in [0, 0.1) is 11.8 Å². The first kappa shape index (κ1) is 26.2. The normalized spacial score (nSPS) is 14.8. The molecule has 2 N–H and O–H groups in total. The quantitative estimate of drug-likeness (QED) is 0.244. The highest BCUT2D eigenvalue weighted by atomic mass is 127. The van der Waals surface area contributed by atoms with Crippen LogP contribution in [-0.4, -0.2) is 49.0 Å². The molecule has 30 heavy (non-hydrogen) atoms. The number of nitrogens with one attached hydrogen (secondary N) is 2. The number of nitrogens with zero attached hydrogens (tertiary/aromatic N) is 2. The van der Waals surface area contributed by atoms with Crippen molar-refractivity contribution in [3.05, 3.63) is 29.8 Å². The monoisotopic (exact) mass is 530 g/mol. The van der Waals surface area contributed by atoms with Crippen LogP contribution >= 0.6 is 24.0 Å². The number of halogens is 1. The number of guanidine groups is 1. The van der Waals surface area contributed by atoms with E-state index in [1.807, 2.05) is 52.0 Å². The highest BCUT2D eigenvalue weighted by molar-refractivity contribution is 14.0. The fourth-order valence-corrected chi connectivity index (χ4v) is 3.16. The molecule has 1 aromatic rings. The predicted molar refractivity (Wildman–Crippen MR) is 131 cm³/mol. The van der Waals surface area contributed by atoms with Crippen molar-refractivity contribution in [1.82, 2.24) is 10.2 Å². The summed E-state index contributed by atoms with van der Waals surface area (Å²) in [6.07, 6.45) is 1.57. The third-order valence-corrected chi connectivity index (χ3v) is 4.91. The largest absolute Gasteiger partial charge is 0.466 e. The molecule has 1 amide bonds. The summed E-state index contributed by atoms with van der Waals surface area (Å²) in [5.41, 5.74) is 1.87. The lowest BCUT2D eigenvalue weighted by molar-refractivity contribution is -0.149. The van der Waals surface area contributed by atoms with Crippen LogP contribution in [0.15, 0.2) is 29.3 Å². The van der Waals surface area contributed by atoms with Crippen molar-refractivity contribution in [3.8, 4) is 0 Å². The maximum Gasteiger partial charge on any atom is 0.309 e. The molecule has 1 aromatic carbocycles. The summed E-state index contributed by atoms with van der Waals surface area (Å²) in [6, 6.07) is 7.78. The van der Waals surface area contributed by atoms with E-state index in [0.29, 0.717) is 13.2 Å². The number of hydrogen-bond acceptors (Lipinski definition) is 4. The zero-order chi connectivity index (χ0) is 21.2. The van der Waals surface area contributed by atoms with Gasteiger partial charge >= 0.3 is 5.97 Å². The van der Waals surface area contributed by atoms with Crippen molar-refractivity contribution >= 4 is 47.5 Å². The van der Waals surface area contributed by atoms with Gasteiger partial charge in [0, 0.05) is 31.2 Å². The maximum absolute atomic E-state index is 11.9. The first-order valence-electron chi connectivity index (χ1n) is 10.5. The smallest absolute Gasteiger partial charge is 0.309 e. The Hall–Kier alpha value is -1.84. The van der Waals surface area contributed by atoms with E-state index in [-0.39, 0.29) is 47.7 Å². The average molecular weight is 530 g/mol. The third-order valence-electron chi connectivity index (χ3n) is 4.91. The van der Waals surface area contributed by atoms with E-state index in [4.69, 9.17) is 9.73 Å². The number of carbonyl (C=O) groups is 2. The summed E-state index contributed by atoms with van der Waals surface area (Å²) in [4.78, 5) is 30.7. The summed E-state index contributed by atoms with van der Waals surface area (Å²) in [5.74, 6) is 0.736. The van der Waals surface area contributed by atoms with Gasteiger partial charge in [0.15, 0.2) is 5.96 Å². The van der Waals surface area contributed by atoms with Gasteiger partial charge in [0.2, 0.25) is 5.91 Å². The van der Waals surface area contributed by atoms with Crippen LogP contribution in [0.3, 0.4) is 0 Å². The van der Waals surface area contributed by atoms with Gasteiger partial charge in [-0.05, 0) is 44.4 Å². The fraction of sp³-hybridized carbons (Fsp3) is 0.591. The molecule has 0 saturated carbocycles. The van der Waals surface area contributed by atoms with Gasteiger partial charge in [-0.2, -0.15) is 0 Å². The SMILES string of the molecule is CCNC(=NCc1ccc(NC(=O)C(C)C)cc1)N1CCC(C(=O)OCC)CC1.I. The summed E-state index contributed by atoms with van der Waals surface area (Å²) < 4.78 is 5.15. The fourth-order valence-electron chi connectivity index (χ4n) is 3.16. The van der Waals surface area contributed by atoms with Crippen LogP contribution in [0.5, 0.6) is 0 Å². The molecule has 8 heteroatoms. The van der Waals surface area contributed by atoms with Crippen molar-refractivity contribution in [1.29, 1.82) is 0 Å². The highest BCUT2D eigenvalue weighted by Crippen LogP contribution is 2.19. The number of aliphatic imine (C=N–C) groups is 1. The van der Waals surface area contributed by atoms with E-state index >= 15 is 0 Å². The zero-order valence-electron chi connectivity index (χ0n) is 18.4. The number of hydrogen-bond donors (Lipinski definition) is 2. The Balaban J connectivity index is 0.00000450. The van der Waals surface area contributed by atoms with Gasteiger partial charge in [-0.15, -0.1) is 24.0 Å². The zero-order valence-corrected chi connectivity index (χ0v) is 20.8. The minimum atomic E-state index is -0.0845. The standard InChI is InChI=1S/C22H34N4O3.HI/c1-5-23-22(26-13-11-18(12-14-26)21(28)29-6-2)24-15-17-7-9-19(10-8-17)25-20(27)16(3)4;/h7-10,16,18H,5-6,11-15H2,1-4H3,(H,23,24)(H,25,27);1H. The van der Waals surface area contributed by atoms with Gasteiger partial charge in [0.1, 0.15) is 0 Å². The molecule has 2 rings (SSSR count). The molecule has 0 aliphatic carbocycles. The number of anilines is 1. The number of carbonyl (C=O) groups excluding carboxylic acids is 2. The van der Waals surface area contributed by atoms with Crippen molar-refractivity contribution in [2.24, 2.45) is 16.8 Å². The highest BCUT2D eigenvalue weighted by Gasteiger charge is 2.27. The van der Waals surface area contributed by atoms with Crippen LogP contribution < -0.4 is 10.6 Å². The molecule has 0 bridgehead atoms. The molecule has 1 saturated heterocycles. The van der Waals surface area contributed by atoms with Crippen LogP contribution in [0.1, 0.15) is 46.1 Å². The Morgan fingerprint density at radius 1 is 1.17 bits per heavy atom. The molecule has 0 aromatic heterocycles. The Morgan fingerprint density at radius 2 is 1.80 bits per heavy atom. The van der Waals surface area contributed by atoms with E-state index in [2.05, 4.69) is 15.5 Å². The molecular formula is C22H35IN4O3. The summed E-state index contributed by atoms with van der Waals surface area (Å²) in [7, 11) is 0. The predicted octanol–water partition coefficient (Wildman–Crippen LogP) is 3.64. The summed E-state index contributed by atoms with van der Waals surface area (Å²) in [5, 5.41) is 6.24. The van der Waals surface area contributed by atoms with Gasteiger partial charge in [-0.3, -0.25) is 9.59 Å². The van der Waals surface area contributed by atoms with Crippen LogP contribution in [0.4, 0.5) is 5.69 Å². The van der Waals surface area contributed by atoms with Crippen molar-refractivity contribution < 1.29 is 14.3 Å². The minimum Gasteiger partial charge on any atom is -0.466 e. The second-order valence-electron chi connectivity index (χ2n) is 7.52. The van der Waals surface area contributed by atoms with Gasteiger partial charge in [-0.25, -0.2) is 4.99 Å². The number of amides is 1. The third kappa shape index (κ3) is 8.12. The van der Waals surface area contributed by atoms with Gasteiger partial charge in [0.25, 0.3) is 0 Å². The average Bonchev–Trinajstić information content (AvgIpc) is 2.72. The van der Waals surface area contributed by atoms with Gasteiger partial charge in [0.05, 0.1) is 19.1 Å². The van der Waals surface area contributed by atoms with E-state index < -0.39 is 0 Å². The molecule has 1 fully saturated rings. The Bertz CT molecular complexity index is 699. The minimum absolute atomic E-state index is 0. The molecule has 0 unspecified atom stereocenters. The van der Waals surface area contributed by atoms with Crippen molar-refractivity contribution in [2.45, 2.75) is 47.1 Å². The molecule has 7 nitrogen and oxygen atoms in total. The van der Waals surface area contributed by atoms with Crippen LogP contribution in [0.25, 0.3) is 0 Å². The lowest BCUT2D eigenvalue weighted by Crippen LogP contribution is -2.46. The number of piperidine rings is 1. The second-order valence-corrected chi connectivity index (χ2v) is 7.52. The number of rotatable bonds is 7. The molecular weight excluding hydrogens is 495 g/mol. The molecule has 1 aliphatic heterocycles. The Labute approximate surface area is 197 Å². The molecule has 1 heterocycles. The molecule has 168 valence electrons. The number of likely N-dealkylation sites (tertiary alicyclic amines) is 1. The first-order chi connectivity index (χ1) is 13.9. The molecule has 0 spiro atoms. The topological polar surface area (TPSA) is 83.0 Å². The second kappa shape index (κ2) is 13.5. The van der Waals surface area contributed by atoms with E-state index in [1.165, 1.54) is 0 Å². The van der Waals surface area contributed by atoms with Crippen molar-refractivity contribution in [3.63, 3.8) is 0 Å². The summed E-state index contributed by atoms with van der Waals surface area (Å²) >= 11 is 0. The van der Waals surface area contributed by atoms with E-state index in [9.17, 15) is 9.59 Å². The van der Waals surface area contributed by atoms with E-state index in [1.54, 1.807) is 0 Å². The Kier molecular flexibility index (Phi) is 11.8. The number of esters is 1. The molecule has 0 radical (unpaired) electrons. The maximum atomic E-state index is 11.9. The number of ether oxygens (including phenoxy) is 1. The van der Waals surface area contributed by atoms with E-state index in [0.717, 1.165) is 49.7 Å². The Morgan fingerprint density at radius 3 is 2.33 bits per heavy atom.